The third-order valence-corrected chi connectivity index (χ3v) is 5.77. The van der Waals surface area contributed by atoms with Gasteiger partial charge in [0, 0.05) is 0 Å². The first-order valence-corrected chi connectivity index (χ1v) is 8.88. The van der Waals surface area contributed by atoms with Crippen LogP contribution in [0.25, 0.3) is 0 Å². The Kier molecular flexibility index (Phi) is 5.37. The molecule has 122 valence electrons. The van der Waals surface area contributed by atoms with Gasteiger partial charge in [-0.05, 0) is 99.2 Å². The number of piperidine rings is 1. The first-order chi connectivity index (χ1) is 10.8. The highest BCUT2D eigenvalue weighted by atomic mass is 16.5. The van der Waals surface area contributed by atoms with Crippen LogP contribution in [0.1, 0.15) is 36.8 Å². The van der Waals surface area contributed by atoms with E-state index < -0.39 is 0 Å². The molecule has 2 aliphatic rings. The van der Waals surface area contributed by atoms with Gasteiger partial charge in [-0.3, -0.25) is 0 Å². The second kappa shape index (κ2) is 7.47. The van der Waals surface area contributed by atoms with E-state index in [1.807, 2.05) is 0 Å². The largest absolute Gasteiger partial charge is 0.497 e. The van der Waals surface area contributed by atoms with E-state index in [1.165, 1.54) is 62.7 Å². The molecule has 2 atom stereocenters. The van der Waals surface area contributed by atoms with Crippen LogP contribution >= 0.6 is 0 Å². The van der Waals surface area contributed by atoms with Crippen LogP contribution in [0.2, 0.25) is 0 Å². The number of aryl methyl sites for hydroxylation is 1. The summed E-state index contributed by atoms with van der Waals surface area (Å²) in [7, 11) is 1.76. The minimum Gasteiger partial charge on any atom is -0.497 e. The van der Waals surface area contributed by atoms with E-state index in [0.717, 1.165) is 30.0 Å². The van der Waals surface area contributed by atoms with Crippen molar-refractivity contribution in [3.8, 4) is 5.75 Å². The van der Waals surface area contributed by atoms with Crippen molar-refractivity contribution in [1.82, 2.24) is 5.32 Å². The van der Waals surface area contributed by atoms with Gasteiger partial charge in [-0.25, -0.2) is 0 Å². The maximum atomic E-state index is 5.95. The summed E-state index contributed by atoms with van der Waals surface area (Å²) in [6, 6.07) is 6.61. The van der Waals surface area contributed by atoms with Gasteiger partial charge in [0.2, 0.25) is 0 Å². The molecule has 2 unspecified atom stereocenters. The molecule has 3 heteroatoms. The normalized spacial score (nSPS) is 23.8. The molecule has 1 aromatic carbocycles. The van der Waals surface area contributed by atoms with Crippen LogP contribution in [0.5, 0.6) is 5.75 Å². The minimum absolute atomic E-state index is 0.797. The lowest BCUT2D eigenvalue weighted by atomic mass is 9.69. The predicted octanol–water partition coefficient (Wildman–Crippen LogP) is 2.76. The number of hydrogen-bond acceptors (Lipinski definition) is 3. The maximum absolute atomic E-state index is 5.95. The number of fused-ring (bicyclic) bond motifs is 1. The van der Waals surface area contributed by atoms with Crippen LogP contribution in [0.15, 0.2) is 18.2 Å². The molecule has 1 saturated heterocycles. The smallest absolute Gasteiger partial charge is 0.119 e. The second-order valence-corrected chi connectivity index (χ2v) is 6.97. The fraction of sp³-hybridized carbons (Fsp3) is 0.684. The van der Waals surface area contributed by atoms with E-state index in [-0.39, 0.29) is 0 Å². The summed E-state index contributed by atoms with van der Waals surface area (Å²) < 4.78 is 5.41. The van der Waals surface area contributed by atoms with Gasteiger partial charge in [0.05, 0.1) is 7.11 Å². The van der Waals surface area contributed by atoms with Gasteiger partial charge < -0.3 is 15.8 Å². The Balaban J connectivity index is 1.74. The van der Waals surface area contributed by atoms with Crippen molar-refractivity contribution >= 4 is 0 Å². The fourth-order valence-electron chi connectivity index (χ4n) is 4.58. The first kappa shape index (κ1) is 15.8. The molecule has 1 fully saturated rings. The van der Waals surface area contributed by atoms with E-state index in [1.54, 1.807) is 7.11 Å². The second-order valence-electron chi connectivity index (χ2n) is 6.97. The van der Waals surface area contributed by atoms with E-state index in [9.17, 15) is 0 Å². The quantitative estimate of drug-likeness (QED) is 0.879. The standard InChI is InChI=1S/C19H30N2O/c1-22-18-5-4-14-2-3-16(12-17(14)13-18)19(6-9-20)15-7-10-21-11-8-15/h4-5,13,15-16,19,21H,2-3,6-12,20H2,1H3. The Morgan fingerprint density at radius 2 is 2.00 bits per heavy atom. The van der Waals surface area contributed by atoms with Crippen LogP contribution in [0.3, 0.4) is 0 Å². The van der Waals surface area contributed by atoms with E-state index in [2.05, 4.69) is 23.5 Å². The predicted molar refractivity (Wildman–Crippen MR) is 91.3 cm³/mol. The van der Waals surface area contributed by atoms with Crippen molar-refractivity contribution in [2.45, 2.75) is 38.5 Å². The molecule has 0 bridgehead atoms. The number of methoxy groups -OCH3 is 1. The molecule has 0 amide bonds. The number of nitrogens with two attached hydrogens (primary N) is 1. The molecule has 3 N–H and O–H groups in total. The average Bonchev–Trinajstić information content (AvgIpc) is 2.59. The molecule has 3 rings (SSSR count). The fourth-order valence-corrected chi connectivity index (χ4v) is 4.58. The van der Waals surface area contributed by atoms with Crippen molar-refractivity contribution in [1.29, 1.82) is 0 Å². The first-order valence-electron chi connectivity index (χ1n) is 8.88. The SMILES string of the molecule is COc1ccc2c(c1)CC(C(CCN)C1CCNCC1)CC2. The van der Waals surface area contributed by atoms with Crippen molar-refractivity contribution in [2.24, 2.45) is 23.5 Å². The molecule has 1 aliphatic heterocycles. The molecule has 1 aromatic rings. The molecular weight excluding hydrogens is 272 g/mol. The minimum atomic E-state index is 0.797. The van der Waals surface area contributed by atoms with E-state index in [0.29, 0.717) is 0 Å². The molecule has 0 radical (unpaired) electrons. The highest BCUT2D eigenvalue weighted by Crippen LogP contribution is 2.39. The third-order valence-electron chi connectivity index (χ3n) is 5.77. The van der Waals surface area contributed by atoms with Crippen molar-refractivity contribution in [3.63, 3.8) is 0 Å². The lowest BCUT2D eigenvalue weighted by Crippen LogP contribution is -2.37. The van der Waals surface area contributed by atoms with Gasteiger partial charge in [0.1, 0.15) is 5.75 Å². The molecule has 0 spiro atoms. The summed E-state index contributed by atoms with van der Waals surface area (Å²) in [5.74, 6) is 3.45. The van der Waals surface area contributed by atoms with Crippen LogP contribution in [0.4, 0.5) is 0 Å². The molecular formula is C19H30N2O. The zero-order valence-electron chi connectivity index (χ0n) is 13.8. The molecule has 0 saturated carbocycles. The Morgan fingerprint density at radius 1 is 1.18 bits per heavy atom. The molecule has 22 heavy (non-hydrogen) atoms. The highest BCUT2D eigenvalue weighted by molar-refractivity contribution is 5.37. The Morgan fingerprint density at radius 3 is 2.73 bits per heavy atom. The number of rotatable bonds is 5. The molecule has 0 aromatic heterocycles. The average molecular weight is 302 g/mol. The van der Waals surface area contributed by atoms with Crippen molar-refractivity contribution < 1.29 is 4.74 Å². The monoisotopic (exact) mass is 302 g/mol. The van der Waals surface area contributed by atoms with Gasteiger partial charge in [0.25, 0.3) is 0 Å². The van der Waals surface area contributed by atoms with Crippen LogP contribution < -0.4 is 15.8 Å². The summed E-state index contributed by atoms with van der Waals surface area (Å²) in [4.78, 5) is 0. The number of ether oxygens (including phenoxy) is 1. The van der Waals surface area contributed by atoms with Gasteiger partial charge in [0.15, 0.2) is 0 Å². The zero-order chi connectivity index (χ0) is 15.4. The lowest BCUT2D eigenvalue weighted by Gasteiger charge is -2.38. The van der Waals surface area contributed by atoms with Gasteiger partial charge in [-0.1, -0.05) is 6.07 Å². The Hall–Kier alpha value is -1.06. The number of benzene rings is 1. The molecule has 1 heterocycles. The van der Waals surface area contributed by atoms with E-state index in [4.69, 9.17) is 10.5 Å². The molecule has 3 nitrogen and oxygen atoms in total. The number of nitrogens with one attached hydrogen (secondary N) is 1. The van der Waals surface area contributed by atoms with Crippen molar-refractivity contribution in [2.75, 3.05) is 26.7 Å². The topological polar surface area (TPSA) is 47.3 Å². The van der Waals surface area contributed by atoms with Gasteiger partial charge in [-0.15, -0.1) is 0 Å². The Labute approximate surface area is 134 Å². The van der Waals surface area contributed by atoms with Crippen LogP contribution in [0, 0.1) is 17.8 Å². The van der Waals surface area contributed by atoms with E-state index >= 15 is 0 Å². The summed E-state index contributed by atoms with van der Waals surface area (Å²) in [6.07, 6.45) is 7.60. The maximum Gasteiger partial charge on any atom is 0.119 e. The lowest BCUT2D eigenvalue weighted by molar-refractivity contribution is 0.162. The van der Waals surface area contributed by atoms with Gasteiger partial charge in [-0.2, -0.15) is 0 Å². The Bertz CT molecular complexity index is 482. The summed E-state index contributed by atoms with van der Waals surface area (Å²) in [5.41, 5.74) is 8.98. The third kappa shape index (κ3) is 3.47. The summed E-state index contributed by atoms with van der Waals surface area (Å²) >= 11 is 0. The number of hydrogen-bond donors (Lipinski definition) is 2. The summed E-state index contributed by atoms with van der Waals surface area (Å²) in [6.45, 7) is 3.20. The highest BCUT2D eigenvalue weighted by Gasteiger charge is 2.32. The zero-order valence-corrected chi connectivity index (χ0v) is 13.8. The van der Waals surface area contributed by atoms with Crippen LogP contribution in [-0.4, -0.2) is 26.7 Å². The van der Waals surface area contributed by atoms with Crippen LogP contribution in [-0.2, 0) is 12.8 Å². The molecule has 1 aliphatic carbocycles. The summed E-state index contributed by atoms with van der Waals surface area (Å²) in [5, 5.41) is 3.50. The van der Waals surface area contributed by atoms with Gasteiger partial charge >= 0.3 is 0 Å². The van der Waals surface area contributed by atoms with Crippen molar-refractivity contribution in [3.05, 3.63) is 29.3 Å².